The van der Waals surface area contributed by atoms with Crippen molar-refractivity contribution in [3.8, 4) is 45.8 Å². The molecule has 310 valence electrons. The minimum Gasteiger partial charge on any atom is -0.309 e. The summed E-state index contributed by atoms with van der Waals surface area (Å²) in [5.74, 6) is 0. The quantitative estimate of drug-likeness (QED) is 0.177. The Bertz CT molecular complexity index is 4320. The van der Waals surface area contributed by atoms with Crippen molar-refractivity contribution in [1.29, 1.82) is 10.5 Å². The molecule has 0 aliphatic carbocycles. The van der Waals surface area contributed by atoms with Gasteiger partial charge in [-0.25, -0.2) is 0 Å². The molecule has 0 atom stereocenters. The van der Waals surface area contributed by atoms with E-state index in [9.17, 15) is 10.5 Å². The molecule has 0 saturated carbocycles. The Morgan fingerprint density at radius 2 is 1.00 bits per heavy atom. The molecular formula is C57H29F3N4S2. The molecule has 66 heavy (non-hydrogen) atoms. The monoisotopic (exact) mass is 890 g/mol. The summed E-state index contributed by atoms with van der Waals surface area (Å²) in [6.45, 7) is 0. The average molecular weight is 891 g/mol. The summed E-state index contributed by atoms with van der Waals surface area (Å²) in [7, 11) is 0. The molecule has 0 aliphatic rings. The fourth-order valence-electron chi connectivity index (χ4n) is 10.3. The minimum atomic E-state index is -4.75. The summed E-state index contributed by atoms with van der Waals surface area (Å²) in [5, 5.41) is 29.8. The number of fused-ring (bicyclic) bond motifs is 14. The number of rotatable bonds is 4. The van der Waals surface area contributed by atoms with Gasteiger partial charge in [-0.2, -0.15) is 23.7 Å². The number of halogens is 3. The van der Waals surface area contributed by atoms with Gasteiger partial charge in [-0.05, 0) is 83.9 Å². The van der Waals surface area contributed by atoms with Crippen molar-refractivity contribution in [2.24, 2.45) is 0 Å². The van der Waals surface area contributed by atoms with Crippen LogP contribution in [0.25, 0.3) is 118 Å². The van der Waals surface area contributed by atoms with Crippen molar-refractivity contribution in [1.82, 2.24) is 9.13 Å². The number of para-hydroxylation sites is 2. The largest absolute Gasteiger partial charge is 0.417 e. The molecule has 4 nitrogen and oxygen atoms in total. The van der Waals surface area contributed by atoms with Gasteiger partial charge in [0.1, 0.15) is 0 Å². The second-order valence-corrected chi connectivity index (χ2v) is 18.6. The lowest BCUT2D eigenvalue weighted by Gasteiger charge is -2.21. The van der Waals surface area contributed by atoms with Crippen LogP contribution >= 0.6 is 22.7 Å². The Morgan fingerprint density at radius 1 is 0.439 bits per heavy atom. The van der Waals surface area contributed by atoms with Crippen LogP contribution in [0.1, 0.15) is 16.7 Å². The molecule has 4 heterocycles. The lowest BCUT2D eigenvalue weighted by molar-refractivity contribution is -0.137. The second kappa shape index (κ2) is 14.1. The van der Waals surface area contributed by atoms with E-state index in [1.54, 1.807) is 40.9 Å². The van der Waals surface area contributed by atoms with Crippen molar-refractivity contribution in [2.75, 3.05) is 0 Å². The zero-order chi connectivity index (χ0) is 44.4. The summed E-state index contributed by atoms with van der Waals surface area (Å²) in [6, 6.07) is 61.1. The highest BCUT2D eigenvalue weighted by atomic mass is 32.1. The fourth-order valence-corrected chi connectivity index (χ4v) is 12.8. The Balaban J connectivity index is 1.18. The zero-order valence-electron chi connectivity index (χ0n) is 34.5. The Morgan fingerprint density at radius 3 is 1.58 bits per heavy atom. The maximum Gasteiger partial charge on any atom is 0.417 e. The molecule has 0 bridgehead atoms. The van der Waals surface area contributed by atoms with Crippen LogP contribution in [-0.4, -0.2) is 9.13 Å². The number of hydrogen-bond acceptors (Lipinski definition) is 4. The molecule has 13 aromatic rings. The summed E-state index contributed by atoms with van der Waals surface area (Å²) >= 11 is 3.50. The number of thiophene rings is 2. The third-order valence-electron chi connectivity index (χ3n) is 13.0. The Kier molecular flexibility index (Phi) is 8.20. The first-order valence-corrected chi connectivity index (χ1v) is 22.9. The van der Waals surface area contributed by atoms with E-state index in [0.717, 1.165) is 69.9 Å². The van der Waals surface area contributed by atoms with E-state index in [0.29, 0.717) is 33.6 Å². The van der Waals surface area contributed by atoms with Gasteiger partial charge in [0.15, 0.2) is 0 Å². The van der Waals surface area contributed by atoms with Crippen LogP contribution in [0.15, 0.2) is 176 Å². The van der Waals surface area contributed by atoms with Crippen molar-refractivity contribution in [3.63, 3.8) is 0 Å². The molecule has 4 aromatic heterocycles. The predicted octanol–water partition coefficient (Wildman–Crippen LogP) is 16.7. The Labute approximate surface area is 382 Å². The first-order chi connectivity index (χ1) is 32.3. The molecule has 0 amide bonds. The van der Waals surface area contributed by atoms with Gasteiger partial charge in [-0.3, -0.25) is 0 Å². The topological polar surface area (TPSA) is 57.4 Å². The normalized spacial score (nSPS) is 12.1. The van der Waals surface area contributed by atoms with Crippen LogP contribution in [-0.2, 0) is 6.18 Å². The third-order valence-corrected chi connectivity index (χ3v) is 15.4. The number of nitrogens with zero attached hydrogens (tertiary/aromatic N) is 4. The van der Waals surface area contributed by atoms with Crippen molar-refractivity contribution < 1.29 is 13.2 Å². The van der Waals surface area contributed by atoms with Gasteiger partial charge < -0.3 is 9.13 Å². The van der Waals surface area contributed by atoms with Gasteiger partial charge in [-0.1, -0.05) is 103 Å². The molecule has 0 N–H and O–H groups in total. The van der Waals surface area contributed by atoms with Gasteiger partial charge in [0.2, 0.25) is 0 Å². The van der Waals surface area contributed by atoms with E-state index in [2.05, 4.69) is 112 Å². The SMILES string of the molecule is N#Cc1ccc(-c2ccc(-n3c4ccccc4c4c5sc6ccccc6c5ccc43)c(-c3c(C#N)cccc3-n3c4ccccc4c4c5sc6ccccc6c5ccc43)c2)c(C(F)(F)F)c1. The summed E-state index contributed by atoms with van der Waals surface area (Å²) in [4.78, 5) is 0. The highest BCUT2D eigenvalue weighted by molar-refractivity contribution is 7.27. The second-order valence-electron chi connectivity index (χ2n) is 16.5. The molecule has 0 aliphatic heterocycles. The molecule has 9 heteroatoms. The molecular weight excluding hydrogens is 862 g/mol. The molecule has 0 fully saturated rings. The van der Waals surface area contributed by atoms with Crippen LogP contribution in [0.5, 0.6) is 0 Å². The molecule has 0 saturated heterocycles. The minimum absolute atomic E-state index is 0.0662. The number of nitriles is 2. The summed E-state index contributed by atoms with van der Waals surface area (Å²) in [6.07, 6.45) is -4.75. The number of alkyl halides is 3. The number of benzene rings is 9. The highest BCUT2D eigenvalue weighted by Gasteiger charge is 2.35. The van der Waals surface area contributed by atoms with Gasteiger partial charge in [0.05, 0.1) is 62.3 Å². The van der Waals surface area contributed by atoms with E-state index in [1.807, 2.05) is 48.5 Å². The third kappa shape index (κ3) is 5.42. The molecule has 13 rings (SSSR count). The molecule has 9 aromatic carbocycles. The molecule has 0 unspecified atom stereocenters. The van der Waals surface area contributed by atoms with E-state index in [-0.39, 0.29) is 11.1 Å². The van der Waals surface area contributed by atoms with Gasteiger partial charge in [0.25, 0.3) is 0 Å². The maximum atomic E-state index is 15.0. The zero-order valence-corrected chi connectivity index (χ0v) is 36.1. The standard InChI is InChI=1S/C57H29F3N4S2/c58-57(59,60)43-28-32(30-61)20-22-35(43)33-21-25-46(63-44-15-5-1-13-40(44)53-48(63)26-23-38-36-11-3-7-18-50(36)65-55(38)53)42(29-33)52-34(31-62)10-9-17-47(52)64-45-16-6-2-14-41(45)54-49(64)27-24-39-37-12-4-8-19-51(37)66-56(39)54/h1-29H. The van der Waals surface area contributed by atoms with Crippen LogP contribution in [0.2, 0.25) is 0 Å². The summed E-state index contributed by atoms with van der Waals surface area (Å²) < 4.78 is 54.1. The van der Waals surface area contributed by atoms with E-state index in [4.69, 9.17) is 0 Å². The first-order valence-electron chi connectivity index (χ1n) is 21.3. The van der Waals surface area contributed by atoms with E-state index in [1.165, 1.54) is 32.3 Å². The molecule has 0 spiro atoms. The number of aromatic nitrogens is 2. The average Bonchev–Trinajstić information content (AvgIpc) is 4.10. The van der Waals surface area contributed by atoms with Gasteiger partial charge >= 0.3 is 6.18 Å². The van der Waals surface area contributed by atoms with Crippen molar-refractivity contribution in [2.45, 2.75) is 6.18 Å². The van der Waals surface area contributed by atoms with E-state index >= 15 is 13.2 Å². The van der Waals surface area contributed by atoms with E-state index < -0.39 is 11.7 Å². The highest BCUT2D eigenvalue weighted by Crippen LogP contribution is 2.49. The smallest absolute Gasteiger partial charge is 0.309 e. The summed E-state index contributed by atoms with van der Waals surface area (Å²) in [5.41, 5.74) is 5.88. The molecule has 0 radical (unpaired) electrons. The van der Waals surface area contributed by atoms with Gasteiger partial charge in [0, 0.05) is 73.0 Å². The Hall–Kier alpha value is -8.21. The van der Waals surface area contributed by atoms with Crippen LogP contribution in [0, 0.1) is 22.7 Å². The van der Waals surface area contributed by atoms with Gasteiger partial charge in [-0.15, -0.1) is 22.7 Å². The maximum absolute atomic E-state index is 15.0. The van der Waals surface area contributed by atoms with Crippen molar-refractivity contribution in [3.05, 3.63) is 193 Å². The predicted molar refractivity (Wildman–Crippen MR) is 266 cm³/mol. The van der Waals surface area contributed by atoms with Crippen LogP contribution in [0.3, 0.4) is 0 Å². The number of hydrogen-bond donors (Lipinski definition) is 0. The lowest BCUT2D eigenvalue weighted by Crippen LogP contribution is -2.08. The fraction of sp³-hybridized carbons (Fsp3) is 0.0175. The van der Waals surface area contributed by atoms with Crippen LogP contribution in [0.4, 0.5) is 13.2 Å². The lowest BCUT2D eigenvalue weighted by atomic mass is 9.90. The first kappa shape index (κ1) is 38.3. The van der Waals surface area contributed by atoms with Crippen LogP contribution < -0.4 is 0 Å². The van der Waals surface area contributed by atoms with Crippen molar-refractivity contribution >= 4 is 107 Å².